The van der Waals surface area contributed by atoms with Gasteiger partial charge in [-0.2, -0.15) is 5.26 Å². The summed E-state index contributed by atoms with van der Waals surface area (Å²) in [6, 6.07) is 16.6. The first kappa shape index (κ1) is 27.2. The SMILES string of the molecule is [C-]#[N+]C(c1cccc(F)c1)(C1CCC(CC2CN(c3ccc(C#N)cc3)C2)CC1)C1CCCC1OC(=O)CC. The van der Waals surface area contributed by atoms with E-state index in [1.807, 2.05) is 30.3 Å². The molecule has 3 fully saturated rings. The number of nitriles is 1. The molecule has 2 aliphatic carbocycles. The molecule has 6 heteroatoms. The molecule has 2 aromatic rings. The minimum Gasteiger partial charge on any atom is -0.462 e. The monoisotopic (exact) mass is 527 g/mol. The average Bonchev–Trinajstić information content (AvgIpc) is 3.40. The summed E-state index contributed by atoms with van der Waals surface area (Å²) in [6.45, 7) is 12.4. The molecule has 0 bridgehead atoms. The Kier molecular flexibility index (Phi) is 8.22. The number of carbonyl (C=O) groups is 1. The Hall–Kier alpha value is -3.38. The van der Waals surface area contributed by atoms with E-state index >= 15 is 0 Å². The second-order valence-electron chi connectivity index (χ2n) is 11.7. The summed E-state index contributed by atoms with van der Waals surface area (Å²) in [5.41, 5.74) is 1.75. The van der Waals surface area contributed by atoms with Crippen molar-refractivity contribution in [3.05, 3.63) is 76.9 Å². The van der Waals surface area contributed by atoms with Crippen molar-refractivity contribution in [3.63, 3.8) is 0 Å². The van der Waals surface area contributed by atoms with Crippen LogP contribution in [0.1, 0.15) is 75.8 Å². The summed E-state index contributed by atoms with van der Waals surface area (Å²) >= 11 is 0. The number of nitrogens with zero attached hydrogens (tertiary/aromatic N) is 3. The zero-order valence-corrected chi connectivity index (χ0v) is 22.8. The zero-order valence-electron chi connectivity index (χ0n) is 22.8. The van der Waals surface area contributed by atoms with Crippen molar-refractivity contribution in [3.8, 4) is 6.07 Å². The van der Waals surface area contributed by atoms with Gasteiger partial charge in [0.05, 0.1) is 17.6 Å². The van der Waals surface area contributed by atoms with E-state index in [9.17, 15) is 9.18 Å². The fraction of sp³-hybridized carbons (Fsp3) is 0.545. The van der Waals surface area contributed by atoms with E-state index in [0.717, 1.165) is 63.6 Å². The lowest BCUT2D eigenvalue weighted by atomic mass is 9.62. The predicted octanol–water partition coefficient (Wildman–Crippen LogP) is 7.27. The normalized spacial score (nSPS) is 26.6. The number of hydrogen-bond acceptors (Lipinski definition) is 4. The van der Waals surface area contributed by atoms with Crippen LogP contribution in [0.15, 0.2) is 48.5 Å². The maximum atomic E-state index is 14.5. The molecule has 204 valence electrons. The van der Waals surface area contributed by atoms with Gasteiger partial charge in [-0.25, -0.2) is 11.0 Å². The Bertz CT molecular complexity index is 1230. The summed E-state index contributed by atoms with van der Waals surface area (Å²) in [7, 11) is 0. The van der Waals surface area contributed by atoms with Crippen molar-refractivity contribution in [1.29, 1.82) is 5.26 Å². The largest absolute Gasteiger partial charge is 0.462 e. The maximum Gasteiger partial charge on any atom is 0.305 e. The van der Waals surface area contributed by atoms with Crippen molar-refractivity contribution in [1.82, 2.24) is 0 Å². The molecule has 0 amide bonds. The molecule has 0 N–H and O–H groups in total. The highest BCUT2D eigenvalue weighted by molar-refractivity contribution is 5.69. The van der Waals surface area contributed by atoms with Gasteiger partial charge in [-0.1, -0.05) is 19.1 Å². The molecule has 1 saturated heterocycles. The number of benzene rings is 2. The molecular weight excluding hydrogens is 489 g/mol. The average molecular weight is 528 g/mol. The Morgan fingerprint density at radius 2 is 1.85 bits per heavy atom. The highest BCUT2D eigenvalue weighted by atomic mass is 19.1. The van der Waals surface area contributed by atoms with Gasteiger partial charge >= 0.3 is 5.97 Å². The lowest BCUT2D eigenvalue weighted by molar-refractivity contribution is -0.152. The van der Waals surface area contributed by atoms with E-state index < -0.39 is 5.54 Å². The topological polar surface area (TPSA) is 57.7 Å². The van der Waals surface area contributed by atoms with Gasteiger partial charge < -0.3 is 14.5 Å². The van der Waals surface area contributed by atoms with Crippen LogP contribution in [0.2, 0.25) is 0 Å². The minimum atomic E-state index is -0.870. The van der Waals surface area contributed by atoms with Crippen LogP contribution < -0.4 is 4.90 Å². The molecule has 1 heterocycles. The summed E-state index contributed by atoms with van der Waals surface area (Å²) in [5.74, 6) is 0.790. The number of rotatable bonds is 8. The van der Waals surface area contributed by atoms with Gasteiger partial charge in [0.15, 0.2) is 0 Å². The Balaban J connectivity index is 1.26. The Labute approximate surface area is 231 Å². The first-order valence-corrected chi connectivity index (χ1v) is 14.6. The molecule has 0 aromatic heterocycles. The van der Waals surface area contributed by atoms with E-state index in [1.165, 1.54) is 18.2 Å². The molecule has 2 saturated carbocycles. The zero-order chi connectivity index (χ0) is 27.4. The highest BCUT2D eigenvalue weighted by Gasteiger charge is 2.58. The van der Waals surface area contributed by atoms with Gasteiger partial charge in [0.25, 0.3) is 5.54 Å². The van der Waals surface area contributed by atoms with Crippen LogP contribution in [-0.2, 0) is 15.1 Å². The van der Waals surface area contributed by atoms with Crippen LogP contribution in [0.5, 0.6) is 0 Å². The fourth-order valence-corrected chi connectivity index (χ4v) is 7.54. The lowest BCUT2D eigenvalue weighted by Crippen LogP contribution is -2.48. The number of carbonyl (C=O) groups excluding carboxylic acids is 1. The second kappa shape index (κ2) is 11.8. The maximum absolute atomic E-state index is 14.5. The third kappa shape index (κ3) is 5.53. The van der Waals surface area contributed by atoms with Crippen molar-refractivity contribution in [2.24, 2.45) is 23.7 Å². The Morgan fingerprint density at radius 1 is 1.10 bits per heavy atom. The fourth-order valence-electron chi connectivity index (χ4n) is 7.54. The van der Waals surface area contributed by atoms with E-state index in [2.05, 4.69) is 15.8 Å². The van der Waals surface area contributed by atoms with Crippen molar-refractivity contribution in [2.75, 3.05) is 18.0 Å². The number of hydrogen-bond donors (Lipinski definition) is 0. The second-order valence-corrected chi connectivity index (χ2v) is 11.7. The van der Waals surface area contributed by atoms with E-state index in [4.69, 9.17) is 16.6 Å². The number of halogens is 1. The van der Waals surface area contributed by atoms with Crippen LogP contribution in [0.3, 0.4) is 0 Å². The van der Waals surface area contributed by atoms with Gasteiger partial charge in [-0.15, -0.1) is 0 Å². The molecule has 5 nitrogen and oxygen atoms in total. The van der Waals surface area contributed by atoms with E-state index in [0.29, 0.717) is 23.8 Å². The van der Waals surface area contributed by atoms with Gasteiger partial charge in [0.2, 0.25) is 0 Å². The highest BCUT2D eigenvalue weighted by Crippen LogP contribution is 2.54. The summed E-state index contributed by atoms with van der Waals surface area (Å²) in [6.07, 6.45) is 7.81. The number of esters is 1. The molecule has 3 aliphatic rings. The van der Waals surface area contributed by atoms with Gasteiger partial charge in [-0.05, 0) is 99.6 Å². The summed E-state index contributed by atoms with van der Waals surface area (Å²) < 4.78 is 20.4. The van der Waals surface area contributed by atoms with Gasteiger partial charge in [0.1, 0.15) is 11.9 Å². The molecule has 2 aromatic carbocycles. The molecule has 0 spiro atoms. The molecule has 5 rings (SSSR count). The number of anilines is 1. The molecular formula is C33H38FN3O2. The first-order chi connectivity index (χ1) is 19.0. The molecule has 3 unspecified atom stereocenters. The summed E-state index contributed by atoms with van der Waals surface area (Å²) in [5, 5.41) is 9.03. The van der Waals surface area contributed by atoms with Gasteiger partial charge in [-0.3, -0.25) is 4.79 Å². The molecule has 39 heavy (non-hydrogen) atoms. The number of ether oxygens (including phenoxy) is 1. The van der Waals surface area contributed by atoms with Crippen LogP contribution in [0, 0.1) is 47.4 Å². The van der Waals surface area contributed by atoms with Crippen molar-refractivity contribution in [2.45, 2.75) is 76.4 Å². The van der Waals surface area contributed by atoms with Crippen LogP contribution in [-0.4, -0.2) is 25.2 Å². The van der Waals surface area contributed by atoms with Crippen molar-refractivity contribution < 1.29 is 13.9 Å². The van der Waals surface area contributed by atoms with Crippen molar-refractivity contribution >= 4 is 11.7 Å². The van der Waals surface area contributed by atoms with E-state index in [-0.39, 0.29) is 29.7 Å². The van der Waals surface area contributed by atoms with Crippen LogP contribution >= 0.6 is 0 Å². The van der Waals surface area contributed by atoms with Gasteiger partial charge in [0, 0.05) is 36.7 Å². The Morgan fingerprint density at radius 3 is 2.49 bits per heavy atom. The first-order valence-electron chi connectivity index (χ1n) is 14.6. The predicted molar refractivity (Wildman–Crippen MR) is 149 cm³/mol. The molecule has 1 aliphatic heterocycles. The third-order valence-electron chi connectivity index (χ3n) is 9.52. The summed E-state index contributed by atoms with van der Waals surface area (Å²) in [4.78, 5) is 19.0. The standard InChI is InChI=1S/C33H38FN3O2/c1-3-32(38)39-31-9-5-8-30(31)33(36-2,27-6-4-7-28(34)19-27)26-14-10-23(11-15-26)18-25-21-37(22-25)29-16-12-24(20-35)13-17-29/h4,6-7,12-13,16-17,19,23,25-26,30-31H,3,5,8-11,14-15,18,21-22H2,1H3. The van der Waals surface area contributed by atoms with Crippen LogP contribution in [0.4, 0.5) is 10.1 Å². The smallest absolute Gasteiger partial charge is 0.305 e. The third-order valence-corrected chi connectivity index (χ3v) is 9.52. The quantitative estimate of drug-likeness (QED) is 0.268. The van der Waals surface area contributed by atoms with Crippen LogP contribution in [0.25, 0.3) is 4.85 Å². The molecule has 0 radical (unpaired) electrons. The minimum absolute atomic E-state index is 0.110. The molecule has 3 atom stereocenters. The lowest BCUT2D eigenvalue weighted by Gasteiger charge is -2.44. The van der Waals surface area contributed by atoms with E-state index in [1.54, 1.807) is 19.1 Å².